The van der Waals surface area contributed by atoms with Gasteiger partial charge >= 0.3 is 0 Å². The Morgan fingerprint density at radius 1 is 1.00 bits per heavy atom. The van der Waals surface area contributed by atoms with Gasteiger partial charge in [-0.15, -0.1) is 0 Å². The Hall–Kier alpha value is -1.88. The summed E-state index contributed by atoms with van der Waals surface area (Å²) >= 11 is 0. The van der Waals surface area contributed by atoms with E-state index in [0.717, 1.165) is 17.7 Å². The average Bonchev–Trinajstić information content (AvgIpc) is 2.60. The van der Waals surface area contributed by atoms with E-state index in [1.807, 2.05) is 54.6 Å². The lowest BCUT2D eigenvalue weighted by Crippen LogP contribution is -2.10. The topological polar surface area (TPSA) is 53.7 Å². The molecule has 2 aromatic carbocycles. The van der Waals surface area contributed by atoms with Crippen LogP contribution in [0.2, 0.25) is 0 Å². The molecule has 23 heavy (non-hydrogen) atoms. The van der Waals surface area contributed by atoms with Crippen molar-refractivity contribution < 1.29 is 14.2 Å². The highest BCUT2D eigenvalue weighted by Crippen LogP contribution is 2.23. The Bertz CT molecular complexity index is 560. The monoisotopic (exact) mass is 315 g/mol. The molecule has 0 spiro atoms. The number of benzene rings is 2. The van der Waals surface area contributed by atoms with E-state index in [1.54, 1.807) is 7.11 Å². The molecule has 0 radical (unpaired) electrons. The van der Waals surface area contributed by atoms with Gasteiger partial charge in [-0.2, -0.15) is 0 Å². The van der Waals surface area contributed by atoms with Crippen LogP contribution in [-0.2, 0) is 16.1 Å². The van der Waals surface area contributed by atoms with Crippen molar-refractivity contribution in [1.29, 1.82) is 0 Å². The van der Waals surface area contributed by atoms with E-state index in [4.69, 9.17) is 19.9 Å². The summed E-state index contributed by atoms with van der Waals surface area (Å²) in [5.41, 5.74) is 7.86. The van der Waals surface area contributed by atoms with Crippen LogP contribution in [0.25, 0.3) is 0 Å². The van der Waals surface area contributed by atoms with Gasteiger partial charge in [0.1, 0.15) is 12.4 Å². The zero-order chi connectivity index (χ0) is 16.3. The molecular weight excluding hydrogens is 290 g/mol. The molecule has 2 rings (SSSR count). The fourth-order valence-corrected chi connectivity index (χ4v) is 2.36. The molecule has 0 fully saturated rings. The Morgan fingerprint density at radius 3 is 2.57 bits per heavy atom. The van der Waals surface area contributed by atoms with Crippen LogP contribution in [0.5, 0.6) is 5.75 Å². The van der Waals surface area contributed by atoms with Gasteiger partial charge in [-0.1, -0.05) is 42.5 Å². The van der Waals surface area contributed by atoms with Crippen LogP contribution in [0.1, 0.15) is 23.7 Å². The van der Waals surface area contributed by atoms with Gasteiger partial charge in [-0.25, -0.2) is 0 Å². The largest absolute Gasteiger partial charge is 0.491 e. The van der Waals surface area contributed by atoms with Crippen molar-refractivity contribution in [2.45, 2.75) is 19.1 Å². The minimum Gasteiger partial charge on any atom is -0.491 e. The van der Waals surface area contributed by atoms with Gasteiger partial charge in [0.25, 0.3) is 0 Å². The zero-order valence-corrected chi connectivity index (χ0v) is 13.6. The van der Waals surface area contributed by atoms with E-state index in [2.05, 4.69) is 0 Å². The Kier molecular flexibility index (Phi) is 7.60. The van der Waals surface area contributed by atoms with Crippen LogP contribution < -0.4 is 10.5 Å². The number of ether oxygens (including phenoxy) is 3. The normalized spacial score (nSPS) is 12.1. The van der Waals surface area contributed by atoms with Gasteiger partial charge in [-0.3, -0.25) is 0 Å². The molecule has 0 amide bonds. The fourth-order valence-electron chi connectivity index (χ4n) is 2.36. The maximum absolute atomic E-state index is 5.75. The zero-order valence-electron chi connectivity index (χ0n) is 13.6. The number of nitrogens with two attached hydrogens (primary N) is 1. The van der Waals surface area contributed by atoms with Crippen molar-refractivity contribution >= 4 is 0 Å². The number of hydrogen-bond donors (Lipinski definition) is 1. The summed E-state index contributed by atoms with van der Waals surface area (Å²) in [5.74, 6) is 0.824. The molecule has 2 N–H and O–H groups in total. The van der Waals surface area contributed by atoms with E-state index in [0.29, 0.717) is 26.4 Å². The van der Waals surface area contributed by atoms with Crippen molar-refractivity contribution in [3.8, 4) is 5.75 Å². The van der Waals surface area contributed by atoms with Gasteiger partial charge in [0.15, 0.2) is 0 Å². The van der Waals surface area contributed by atoms with Crippen molar-refractivity contribution in [2.24, 2.45) is 5.73 Å². The Balaban J connectivity index is 1.75. The first-order valence-electron chi connectivity index (χ1n) is 7.90. The molecule has 0 aliphatic carbocycles. The maximum atomic E-state index is 5.75. The lowest BCUT2D eigenvalue weighted by molar-refractivity contribution is 0.0877. The molecule has 1 unspecified atom stereocenters. The molecule has 124 valence electrons. The molecule has 4 nitrogen and oxygen atoms in total. The molecule has 0 aromatic heterocycles. The van der Waals surface area contributed by atoms with Gasteiger partial charge in [0.05, 0.1) is 19.3 Å². The molecule has 2 aromatic rings. The predicted octanol–water partition coefficient (Wildman–Crippen LogP) is 3.32. The molecule has 0 aliphatic heterocycles. The average molecular weight is 315 g/mol. The van der Waals surface area contributed by atoms with Crippen molar-refractivity contribution in [3.05, 3.63) is 65.7 Å². The van der Waals surface area contributed by atoms with Crippen molar-refractivity contribution in [1.82, 2.24) is 0 Å². The predicted molar refractivity (Wildman–Crippen MR) is 91.5 cm³/mol. The smallest absolute Gasteiger partial charge is 0.119 e. The first-order valence-corrected chi connectivity index (χ1v) is 7.90. The SMILES string of the molecule is COC(CCN)c1cccc(OCCOCc2ccccc2)c1. The third-order valence-corrected chi connectivity index (χ3v) is 3.55. The number of methoxy groups -OCH3 is 1. The minimum absolute atomic E-state index is 0.0119. The highest BCUT2D eigenvalue weighted by molar-refractivity contribution is 5.30. The van der Waals surface area contributed by atoms with Crippen LogP contribution in [0.4, 0.5) is 0 Å². The summed E-state index contributed by atoms with van der Waals surface area (Å²) in [6.45, 7) is 2.27. The molecular formula is C19H25NO3. The van der Waals surface area contributed by atoms with Crippen LogP contribution in [-0.4, -0.2) is 26.9 Å². The fraction of sp³-hybridized carbons (Fsp3) is 0.368. The summed E-state index contributed by atoms with van der Waals surface area (Å²) in [6, 6.07) is 18.1. The van der Waals surface area contributed by atoms with E-state index in [-0.39, 0.29) is 6.10 Å². The van der Waals surface area contributed by atoms with E-state index in [9.17, 15) is 0 Å². The van der Waals surface area contributed by atoms with Crippen LogP contribution in [0, 0.1) is 0 Å². The van der Waals surface area contributed by atoms with Crippen molar-refractivity contribution in [2.75, 3.05) is 26.9 Å². The quantitative estimate of drug-likeness (QED) is 0.683. The molecule has 1 atom stereocenters. The van der Waals surface area contributed by atoms with Gasteiger partial charge < -0.3 is 19.9 Å². The van der Waals surface area contributed by atoms with E-state index < -0.39 is 0 Å². The molecule has 0 saturated carbocycles. The molecule has 0 bridgehead atoms. The second-order valence-corrected chi connectivity index (χ2v) is 5.26. The first kappa shape index (κ1) is 17.5. The highest BCUT2D eigenvalue weighted by atomic mass is 16.5. The van der Waals surface area contributed by atoms with Crippen molar-refractivity contribution in [3.63, 3.8) is 0 Å². The van der Waals surface area contributed by atoms with Gasteiger partial charge in [0, 0.05) is 7.11 Å². The summed E-state index contributed by atoms with van der Waals surface area (Å²) in [7, 11) is 1.70. The molecule has 0 aliphatic rings. The Labute approximate surface area is 138 Å². The maximum Gasteiger partial charge on any atom is 0.119 e. The summed E-state index contributed by atoms with van der Waals surface area (Å²) < 4.78 is 16.8. The third-order valence-electron chi connectivity index (χ3n) is 3.55. The molecule has 0 saturated heterocycles. The second kappa shape index (κ2) is 10.0. The van der Waals surface area contributed by atoms with Gasteiger partial charge in [-0.05, 0) is 36.2 Å². The van der Waals surface area contributed by atoms with Gasteiger partial charge in [0.2, 0.25) is 0 Å². The summed E-state index contributed by atoms with van der Waals surface area (Å²) in [4.78, 5) is 0. The van der Waals surface area contributed by atoms with Crippen LogP contribution >= 0.6 is 0 Å². The lowest BCUT2D eigenvalue weighted by Gasteiger charge is -2.16. The first-order chi connectivity index (χ1) is 11.3. The van der Waals surface area contributed by atoms with Crippen LogP contribution in [0.15, 0.2) is 54.6 Å². The minimum atomic E-state index is 0.0119. The summed E-state index contributed by atoms with van der Waals surface area (Å²) in [5, 5.41) is 0. The standard InChI is InChI=1S/C19H25NO3/c1-21-19(10-11-20)17-8-5-9-18(14-17)23-13-12-22-15-16-6-3-2-4-7-16/h2-9,14,19H,10-13,15,20H2,1H3. The van der Waals surface area contributed by atoms with E-state index in [1.165, 1.54) is 5.56 Å². The Morgan fingerprint density at radius 2 is 1.83 bits per heavy atom. The second-order valence-electron chi connectivity index (χ2n) is 5.26. The highest BCUT2D eigenvalue weighted by Gasteiger charge is 2.10. The third kappa shape index (κ3) is 6.02. The van der Waals surface area contributed by atoms with Crippen LogP contribution in [0.3, 0.4) is 0 Å². The lowest BCUT2D eigenvalue weighted by atomic mass is 10.1. The summed E-state index contributed by atoms with van der Waals surface area (Å²) in [6.07, 6.45) is 0.804. The number of hydrogen-bond acceptors (Lipinski definition) is 4. The molecule has 0 heterocycles. The molecule has 4 heteroatoms. The number of rotatable bonds is 10. The van der Waals surface area contributed by atoms with E-state index >= 15 is 0 Å².